The van der Waals surface area contributed by atoms with Crippen LogP contribution in [0.2, 0.25) is 10.0 Å². The van der Waals surface area contributed by atoms with Crippen molar-refractivity contribution in [1.29, 1.82) is 0 Å². The minimum absolute atomic E-state index is 0. The molecule has 0 aliphatic heterocycles. The van der Waals surface area contributed by atoms with Gasteiger partial charge in [0, 0.05) is 24.5 Å². The summed E-state index contributed by atoms with van der Waals surface area (Å²) < 4.78 is 33.7. The lowest BCUT2D eigenvalue weighted by molar-refractivity contribution is -0.139. The predicted octanol–water partition coefficient (Wildman–Crippen LogP) is 11.4. The highest BCUT2D eigenvalue weighted by atomic mass is 35.5. The van der Waals surface area contributed by atoms with Gasteiger partial charge in [-0.15, -0.1) is 0 Å². The highest BCUT2D eigenvalue weighted by Gasteiger charge is 2.48. The van der Waals surface area contributed by atoms with Crippen LogP contribution in [0, 0.1) is 47.3 Å². The van der Waals surface area contributed by atoms with E-state index in [4.69, 9.17) is 42.1 Å². The molecule has 0 N–H and O–H groups in total. The zero-order valence-corrected chi connectivity index (χ0v) is 32.3. The summed E-state index contributed by atoms with van der Waals surface area (Å²) in [6.07, 6.45) is 13.3. The topological polar surface area (TPSA) is 71.1 Å². The molecule has 0 aromatic heterocycles. The number of Topliss-reactive ketones (excluding diaryl/α,β-unsaturated/α-hetero) is 1. The molecule has 1 unspecified atom stereocenters. The number of allylic oxidation sites excluding steroid dienone is 1. The molecule has 8 fully saturated rings. The highest BCUT2D eigenvalue weighted by molar-refractivity contribution is 7.62. The number of carbonyl (C=O) groups excluding carboxylic acids is 1. The van der Waals surface area contributed by atoms with Crippen LogP contribution in [0.15, 0.2) is 42.0 Å². The van der Waals surface area contributed by atoms with Gasteiger partial charge in [0.2, 0.25) is 0 Å². The van der Waals surface area contributed by atoms with Crippen molar-refractivity contribution in [1.82, 2.24) is 0 Å². The molecule has 1 atom stereocenters. The Morgan fingerprint density at radius 3 is 1.54 bits per heavy atom. The first-order valence-corrected chi connectivity index (χ1v) is 21.4. The van der Waals surface area contributed by atoms with Crippen molar-refractivity contribution in [2.75, 3.05) is 41.8 Å². The van der Waals surface area contributed by atoms with Gasteiger partial charge in [-0.25, -0.2) is 0 Å². The Morgan fingerprint density at radius 2 is 1.12 bits per heavy atom. The standard InChI is InChI=1S/C19H23ClO2.C11H16ClO3P.C10H14O.CH4/c1-21-17-10-13(3-4-16(17)20)19(22-2)18-14-6-11-5-12(8-14)9-15(18)7-11;1-14-10-7-8(5-6-9(10)12)11(15-2)16(3,4)13;11-10-8-2-6-1-7(4-8)5-9(10)3-6;/h3-4,10-12,14-15H,5-9H2,1-2H3;5-7,11H,1-4H3;6-9H,1-5H2;1H4. The minimum Gasteiger partial charge on any atom is -0.496 e. The van der Waals surface area contributed by atoms with Crippen molar-refractivity contribution in [2.45, 2.75) is 77.5 Å². The SMILES string of the molecule is C.COC(=C1C2CC3CC(C2)CC1C3)c1ccc(Cl)c(OC)c1.COc1cc(C(OC)P(C)(C)=O)ccc1Cl.O=C1C2CC3CC(C2)CC1C3. The minimum atomic E-state index is -2.36. The number of carbonyl (C=O) groups is 1. The Kier molecular flexibility index (Phi) is 12.8. The van der Waals surface area contributed by atoms with Gasteiger partial charge in [0.1, 0.15) is 36.0 Å². The van der Waals surface area contributed by atoms with Crippen LogP contribution in [0.5, 0.6) is 11.5 Å². The summed E-state index contributed by atoms with van der Waals surface area (Å²) in [4.78, 5) is 11.6. The first-order chi connectivity index (χ1) is 23.4. The summed E-state index contributed by atoms with van der Waals surface area (Å²) in [6.45, 7) is 3.39. The Hall–Kier alpha value is -1.98. The molecule has 0 spiro atoms. The van der Waals surface area contributed by atoms with E-state index >= 15 is 0 Å². The first-order valence-electron chi connectivity index (χ1n) is 18.0. The van der Waals surface area contributed by atoms with E-state index in [1.165, 1.54) is 64.2 Å². The van der Waals surface area contributed by atoms with Crippen LogP contribution >= 0.6 is 30.3 Å². The third-order valence-electron chi connectivity index (χ3n) is 12.1. The zero-order chi connectivity index (χ0) is 35.0. The number of ketones is 1. The molecular weight excluding hydrogens is 690 g/mol. The summed E-state index contributed by atoms with van der Waals surface area (Å²) in [6, 6.07) is 11.3. The Morgan fingerprint density at radius 1 is 0.680 bits per heavy atom. The second kappa shape index (κ2) is 16.4. The second-order valence-electron chi connectivity index (χ2n) is 15.8. The lowest BCUT2D eigenvalue weighted by atomic mass is 9.54. The normalized spacial score (nSPS) is 30.3. The van der Waals surface area contributed by atoms with E-state index in [1.807, 2.05) is 12.1 Å². The molecule has 8 bridgehead atoms. The summed E-state index contributed by atoms with van der Waals surface area (Å²) in [7, 11) is 4.19. The van der Waals surface area contributed by atoms with E-state index in [0.29, 0.717) is 33.4 Å². The van der Waals surface area contributed by atoms with Crippen molar-refractivity contribution >= 4 is 41.9 Å². The average molecular weight is 748 g/mol. The van der Waals surface area contributed by atoms with Crippen LogP contribution in [0.3, 0.4) is 0 Å². The van der Waals surface area contributed by atoms with Gasteiger partial charge < -0.3 is 23.5 Å². The Bertz CT molecular complexity index is 1540. The second-order valence-corrected chi connectivity index (χ2v) is 19.9. The number of halogens is 2. The van der Waals surface area contributed by atoms with Crippen LogP contribution < -0.4 is 9.47 Å². The lowest BCUT2D eigenvalue weighted by Gasteiger charge is -2.51. The first kappa shape index (κ1) is 39.2. The van der Waals surface area contributed by atoms with Crippen molar-refractivity contribution < 1.29 is 28.3 Å². The van der Waals surface area contributed by atoms with Crippen LogP contribution in [0.25, 0.3) is 5.76 Å². The van der Waals surface area contributed by atoms with Crippen LogP contribution in [-0.2, 0) is 18.8 Å². The van der Waals surface area contributed by atoms with E-state index in [2.05, 4.69) is 6.07 Å². The van der Waals surface area contributed by atoms with E-state index in [0.717, 1.165) is 58.1 Å². The van der Waals surface area contributed by atoms with Crippen molar-refractivity contribution in [3.63, 3.8) is 0 Å². The molecule has 0 saturated heterocycles. The fourth-order valence-electron chi connectivity index (χ4n) is 10.5. The maximum atomic E-state index is 12.0. The Balaban J connectivity index is 0.000000153. The van der Waals surface area contributed by atoms with Crippen LogP contribution in [-0.4, -0.2) is 47.6 Å². The number of rotatable bonds is 7. The predicted molar refractivity (Wildman–Crippen MR) is 205 cm³/mol. The van der Waals surface area contributed by atoms with E-state index in [1.54, 1.807) is 65.5 Å². The highest BCUT2D eigenvalue weighted by Crippen LogP contribution is 2.58. The smallest absolute Gasteiger partial charge is 0.139 e. The summed E-state index contributed by atoms with van der Waals surface area (Å²) >= 11 is 12.1. The van der Waals surface area contributed by atoms with Gasteiger partial charge in [-0.2, -0.15) is 0 Å². The number of hydrogen-bond acceptors (Lipinski definition) is 6. The largest absolute Gasteiger partial charge is 0.496 e. The molecule has 6 nitrogen and oxygen atoms in total. The summed E-state index contributed by atoms with van der Waals surface area (Å²) in [5, 5.41) is 1.18. The zero-order valence-electron chi connectivity index (χ0n) is 29.9. The molecule has 10 rings (SSSR count). The molecule has 50 heavy (non-hydrogen) atoms. The molecule has 8 aliphatic rings. The monoisotopic (exact) mass is 746 g/mol. The van der Waals surface area contributed by atoms with E-state index in [-0.39, 0.29) is 7.43 Å². The summed E-state index contributed by atoms with van der Waals surface area (Å²) in [5.74, 6) is 8.84. The number of ether oxygens (including phenoxy) is 4. The van der Waals surface area contributed by atoms with Gasteiger partial charge in [0.25, 0.3) is 0 Å². The number of methoxy groups -OCH3 is 4. The van der Waals surface area contributed by atoms with Gasteiger partial charge in [-0.3, -0.25) is 4.79 Å². The molecule has 276 valence electrons. The van der Waals surface area contributed by atoms with Crippen molar-refractivity contribution in [3.05, 3.63) is 63.1 Å². The van der Waals surface area contributed by atoms with Crippen molar-refractivity contribution in [2.24, 2.45) is 47.3 Å². The van der Waals surface area contributed by atoms with Gasteiger partial charge in [-0.05, 0) is 155 Å². The van der Waals surface area contributed by atoms with Crippen LogP contribution in [0.4, 0.5) is 0 Å². The third-order valence-corrected chi connectivity index (χ3v) is 14.4. The van der Waals surface area contributed by atoms with Gasteiger partial charge in [-0.1, -0.05) is 36.7 Å². The molecule has 0 radical (unpaired) electrons. The van der Waals surface area contributed by atoms with E-state index in [9.17, 15) is 9.36 Å². The van der Waals surface area contributed by atoms with Gasteiger partial charge in [0.05, 0.1) is 31.4 Å². The molecule has 0 heterocycles. The third kappa shape index (κ3) is 8.30. The molecule has 9 heteroatoms. The molecule has 2 aromatic rings. The van der Waals surface area contributed by atoms with Crippen molar-refractivity contribution in [3.8, 4) is 11.5 Å². The maximum Gasteiger partial charge on any atom is 0.139 e. The quantitative estimate of drug-likeness (QED) is 0.207. The molecular formula is C41H57Cl2O6P. The van der Waals surface area contributed by atoms with E-state index < -0.39 is 13.0 Å². The fourth-order valence-corrected chi connectivity index (χ4v) is 12.3. The van der Waals surface area contributed by atoms with Gasteiger partial charge in [0.15, 0.2) is 0 Å². The maximum absolute atomic E-state index is 12.0. The molecule has 8 saturated carbocycles. The Labute approximate surface area is 310 Å². The lowest BCUT2D eigenvalue weighted by Crippen LogP contribution is -2.45. The van der Waals surface area contributed by atoms with Gasteiger partial charge >= 0.3 is 0 Å². The molecule has 0 amide bonds. The number of benzene rings is 2. The average Bonchev–Trinajstić information content (AvgIpc) is 3.06. The molecule has 2 aromatic carbocycles. The molecule has 8 aliphatic carbocycles. The van der Waals surface area contributed by atoms with Crippen LogP contribution in [0.1, 0.15) is 88.6 Å². The fraction of sp³-hybridized carbons (Fsp3) is 0.634. The summed E-state index contributed by atoms with van der Waals surface area (Å²) in [5.41, 5.74) is 3.49. The number of hydrogen-bond donors (Lipinski definition) is 0.